The van der Waals surface area contributed by atoms with E-state index in [0.29, 0.717) is 5.56 Å². The summed E-state index contributed by atoms with van der Waals surface area (Å²) in [5, 5.41) is 12.5. The third-order valence-electron chi connectivity index (χ3n) is 3.08. The Hall–Kier alpha value is -1.94. The lowest BCUT2D eigenvalue weighted by atomic mass is 10.1. The maximum atomic E-state index is 13.7. The molecule has 2 unspecified atom stereocenters. The molecule has 0 fully saturated rings. The fourth-order valence-electron chi connectivity index (χ4n) is 2.05. The summed E-state index contributed by atoms with van der Waals surface area (Å²) in [7, 11) is 0. The van der Waals surface area contributed by atoms with Crippen molar-refractivity contribution in [3.63, 3.8) is 0 Å². The molecule has 3 nitrogen and oxygen atoms in total. The Balaban J connectivity index is 2.10. The van der Waals surface area contributed by atoms with Crippen LogP contribution < -0.4 is 5.32 Å². The van der Waals surface area contributed by atoms with Gasteiger partial charge in [-0.1, -0.05) is 12.1 Å². The average Bonchev–Trinajstić information content (AvgIpc) is 2.39. The van der Waals surface area contributed by atoms with E-state index in [1.807, 2.05) is 32.0 Å². The van der Waals surface area contributed by atoms with E-state index in [2.05, 4.69) is 10.3 Å². The Morgan fingerprint density at radius 3 is 2.58 bits per heavy atom. The van der Waals surface area contributed by atoms with Gasteiger partial charge in [-0.15, -0.1) is 0 Å². The molecular formula is C15H17FN2O. The number of nitrogens with zero attached hydrogens (tertiary/aromatic N) is 1. The number of rotatable bonds is 4. The molecule has 2 atom stereocenters. The lowest BCUT2D eigenvalue weighted by Crippen LogP contribution is -2.23. The summed E-state index contributed by atoms with van der Waals surface area (Å²) in [6, 6.07) is 9.76. The van der Waals surface area contributed by atoms with Gasteiger partial charge in [0, 0.05) is 29.9 Å². The fourth-order valence-corrected chi connectivity index (χ4v) is 2.05. The minimum absolute atomic E-state index is 0.0180. The second-order valence-corrected chi connectivity index (χ2v) is 4.57. The summed E-state index contributed by atoms with van der Waals surface area (Å²) in [5.41, 5.74) is 1.44. The number of benzene rings is 1. The largest absolute Gasteiger partial charge is 0.508 e. The standard InChI is InChI=1S/C15H17FN2O/c1-10(13-7-6-12(19)9-14(13)16)18-11(2)15-5-3-4-8-17-15/h3-11,18-19H,1-2H3. The van der Waals surface area contributed by atoms with Crippen LogP contribution in [0.25, 0.3) is 0 Å². The zero-order valence-corrected chi connectivity index (χ0v) is 11.0. The molecule has 19 heavy (non-hydrogen) atoms. The van der Waals surface area contributed by atoms with Gasteiger partial charge in [-0.25, -0.2) is 4.39 Å². The molecule has 0 aliphatic carbocycles. The molecule has 2 aromatic rings. The van der Waals surface area contributed by atoms with Crippen molar-refractivity contribution in [3.8, 4) is 5.75 Å². The van der Waals surface area contributed by atoms with Crippen molar-refractivity contribution < 1.29 is 9.50 Å². The van der Waals surface area contributed by atoms with Gasteiger partial charge >= 0.3 is 0 Å². The van der Waals surface area contributed by atoms with Crippen LogP contribution in [0.5, 0.6) is 5.75 Å². The van der Waals surface area contributed by atoms with Gasteiger partial charge in [-0.3, -0.25) is 4.98 Å². The Kier molecular flexibility index (Phi) is 4.12. The average molecular weight is 260 g/mol. The highest BCUT2D eigenvalue weighted by Crippen LogP contribution is 2.23. The number of nitrogens with one attached hydrogen (secondary N) is 1. The van der Waals surface area contributed by atoms with Crippen LogP contribution in [0.3, 0.4) is 0 Å². The van der Waals surface area contributed by atoms with Crippen LogP contribution in [0.1, 0.15) is 37.2 Å². The summed E-state index contributed by atoms with van der Waals surface area (Å²) in [4.78, 5) is 4.27. The van der Waals surface area contributed by atoms with Gasteiger partial charge in [-0.05, 0) is 32.0 Å². The van der Waals surface area contributed by atoms with Crippen LogP contribution in [0.4, 0.5) is 4.39 Å². The van der Waals surface area contributed by atoms with E-state index in [1.165, 1.54) is 6.07 Å². The lowest BCUT2D eigenvalue weighted by molar-refractivity contribution is 0.452. The van der Waals surface area contributed by atoms with E-state index in [0.717, 1.165) is 11.8 Å². The minimum atomic E-state index is -0.409. The van der Waals surface area contributed by atoms with Gasteiger partial charge in [-0.2, -0.15) is 0 Å². The summed E-state index contributed by atoms with van der Waals surface area (Å²) in [5.74, 6) is -0.473. The smallest absolute Gasteiger partial charge is 0.131 e. The van der Waals surface area contributed by atoms with Crippen LogP contribution in [0, 0.1) is 5.82 Å². The van der Waals surface area contributed by atoms with Crippen molar-refractivity contribution in [3.05, 3.63) is 59.7 Å². The molecule has 0 amide bonds. The molecule has 0 aliphatic heterocycles. The number of aromatic nitrogens is 1. The van der Waals surface area contributed by atoms with Crippen LogP contribution in [-0.4, -0.2) is 10.1 Å². The SMILES string of the molecule is CC(NC(C)c1ccc(O)cc1F)c1ccccn1. The molecule has 0 saturated heterocycles. The molecule has 1 heterocycles. The van der Waals surface area contributed by atoms with E-state index in [9.17, 15) is 9.50 Å². The maximum Gasteiger partial charge on any atom is 0.131 e. The maximum absolute atomic E-state index is 13.7. The summed E-state index contributed by atoms with van der Waals surface area (Å²) >= 11 is 0. The van der Waals surface area contributed by atoms with E-state index in [1.54, 1.807) is 12.3 Å². The van der Waals surface area contributed by atoms with E-state index in [-0.39, 0.29) is 17.8 Å². The second-order valence-electron chi connectivity index (χ2n) is 4.57. The zero-order chi connectivity index (χ0) is 13.8. The summed E-state index contributed by atoms with van der Waals surface area (Å²) < 4.78 is 13.7. The monoisotopic (exact) mass is 260 g/mol. The summed E-state index contributed by atoms with van der Waals surface area (Å²) in [6.45, 7) is 3.87. The van der Waals surface area contributed by atoms with Gasteiger partial charge < -0.3 is 10.4 Å². The van der Waals surface area contributed by atoms with Gasteiger partial charge in [0.2, 0.25) is 0 Å². The number of halogens is 1. The van der Waals surface area contributed by atoms with Crippen molar-refractivity contribution in [2.45, 2.75) is 25.9 Å². The normalized spacial score (nSPS) is 14.1. The van der Waals surface area contributed by atoms with Gasteiger partial charge in [0.15, 0.2) is 0 Å². The molecule has 0 aliphatic rings. The molecule has 0 spiro atoms. The summed E-state index contributed by atoms with van der Waals surface area (Å²) in [6.07, 6.45) is 1.74. The molecule has 100 valence electrons. The quantitative estimate of drug-likeness (QED) is 0.886. The minimum Gasteiger partial charge on any atom is -0.508 e. The van der Waals surface area contributed by atoms with Crippen LogP contribution >= 0.6 is 0 Å². The van der Waals surface area contributed by atoms with E-state index < -0.39 is 5.82 Å². The first-order chi connectivity index (χ1) is 9.08. The zero-order valence-electron chi connectivity index (χ0n) is 11.0. The van der Waals surface area contributed by atoms with Gasteiger partial charge in [0.25, 0.3) is 0 Å². The molecule has 1 aromatic carbocycles. The Labute approximate surface area is 112 Å². The highest BCUT2D eigenvalue weighted by Gasteiger charge is 2.15. The van der Waals surface area contributed by atoms with Crippen molar-refractivity contribution >= 4 is 0 Å². The molecule has 2 rings (SSSR count). The van der Waals surface area contributed by atoms with Crippen LogP contribution in [0.2, 0.25) is 0 Å². The molecule has 1 aromatic heterocycles. The van der Waals surface area contributed by atoms with Crippen molar-refractivity contribution in [1.29, 1.82) is 0 Å². The van der Waals surface area contributed by atoms with E-state index >= 15 is 0 Å². The molecule has 0 saturated carbocycles. The topological polar surface area (TPSA) is 45.1 Å². The first kappa shape index (κ1) is 13.5. The Morgan fingerprint density at radius 1 is 1.16 bits per heavy atom. The van der Waals surface area contributed by atoms with Crippen molar-refractivity contribution in [2.75, 3.05) is 0 Å². The lowest BCUT2D eigenvalue weighted by Gasteiger charge is -2.20. The number of hydrogen-bond donors (Lipinski definition) is 2. The third kappa shape index (κ3) is 3.29. The predicted molar refractivity (Wildman–Crippen MR) is 72.3 cm³/mol. The van der Waals surface area contributed by atoms with Crippen LogP contribution in [-0.2, 0) is 0 Å². The first-order valence-electron chi connectivity index (χ1n) is 6.23. The first-order valence-corrected chi connectivity index (χ1v) is 6.23. The van der Waals surface area contributed by atoms with Crippen molar-refractivity contribution in [2.24, 2.45) is 0 Å². The molecule has 0 bridgehead atoms. The number of phenolic OH excluding ortho intramolecular Hbond substituents is 1. The molecular weight excluding hydrogens is 243 g/mol. The van der Waals surface area contributed by atoms with Crippen molar-refractivity contribution in [1.82, 2.24) is 10.3 Å². The highest BCUT2D eigenvalue weighted by molar-refractivity contribution is 5.29. The number of phenols is 1. The Bertz CT molecular complexity index is 545. The second kappa shape index (κ2) is 5.80. The number of hydrogen-bond acceptors (Lipinski definition) is 3. The molecule has 2 N–H and O–H groups in total. The number of aromatic hydroxyl groups is 1. The molecule has 0 radical (unpaired) electrons. The highest BCUT2D eigenvalue weighted by atomic mass is 19.1. The Morgan fingerprint density at radius 2 is 1.95 bits per heavy atom. The third-order valence-corrected chi connectivity index (χ3v) is 3.08. The van der Waals surface area contributed by atoms with Gasteiger partial charge in [0.1, 0.15) is 11.6 Å². The van der Waals surface area contributed by atoms with Crippen LogP contribution in [0.15, 0.2) is 42.6 Å². The van der Waals surface area contributed by atoms with E-state index in [4.69, 9.17) is 0 Å². The number of pyridine rings is 1. The fraction of sp³-hybridized carbons (Fsp3) is 0.267. The van der Waals surface area contributed by atoms with Gasteiger partial charge in [0.05, 0.1) is 5.69 Å². The molecule has 4 heteroatoms. The predicted octanol–water partition coefficient (Wildman–Crippen LogP) is 3.34.